The zero-order chi connectivity index (χ0) is 32.9. The molecule has 2 aliphatic rings. The lowest BCUT2D eigenvalue weighted by Gasteiger charge is -2.48. The molecule has 5 rings (SSSR count). The number of carbonyl (C=O) groups is 2. The largest absolute Gasteiger partial charge is 0.497 e. The second-order valence-electron chi connectivity index (χ2n) is 10.1. The van der Waals surface area contributed by atoms with Crippen LogP contribution in [-0.4, -0.2) is 97.8 Å². The number of likely N-dealkylation sites (N-methyl/N-ethyl adjacent to an activating group) is 1. The topological polar surface area (TPSA) is 134 Å². The van der Waals surface area contributed by atoms with Gasteiger partial charge >= 0.3 is 24.3 Å². The van der Waals surface area contributed by atoms with Gasteiger partial charge in [0, 0.05) is 36.6 Å². The molecule has 242 valence electrons. The van der Waals surface area contributed by atoms with Gasteiger partial charge in [-0.2, -0.15) is 26.3 Å². The summed E-state index contributed by atoms with van der Waals surface area (Å²) in [6.45, 7) is 7.14. The summed E-state index contributed by atoms with van der Waals surface area (Å²) in [7, 11) is 3.89. The Hall–Kier alpha value is -3.77. The van der Waals surface area contributed by atoms with Crippen LogP contribution in [-0.2, 0) is 28.2 Å². The molecular formula is C26H30F6N6O5S. The van der Waals surface area contributed by atoms with Crippen molar-refractivity contribution in [3.05, 3.63) is 46.2 Å². The number of piperidine rings is 1. The highest BCUT2D eigenvalue weighted by atomic mass is 32.1. The van der Waals surface area contributed by atoms with Gasteiger partial charge in [-0.15, -0.1) is 21.5 Å². The summed E-state index contributed by atoms with van der Waals surface area (Å²) in [5, 5.41) is 23.5. The van der Waals surface area contributed by atoms with Crippen LogP contribution in [0.25, 0.3) is 11.4 Å². The lowest BCUT2D eigenvalue weighted by atomic mass is 9.84. The third kappa shape index (κ3) is 8.66. The molecule has 11 nitrogen and oxygen atoms in total. The van der Waals surface area contributed by atoms with Crippen molar-refractivity contribution in [2.75, 3.05) is 33.8 Å². The molecule has 4 heterocycles. The highest BCUT2D eigenvalue weighted by Gasteiger charge is 2.43. The summed E-state index contributed by atoms with van der Waals surface area (Å²) in [6, 6.07) is 8.17. The van der Waals surface area contributed by atoms with Gasteiger partial charge in [0.25, 0.3) is 0 Å². The Balaban J connectivity index is 0.000000317. The number of aryl methyl sites for hydroxylation is 1. The standard InChI is InChI=1S/C22H28N6OS.2C2HF3O2/c1-16-19(30-15-23-16)12-27-10-8-22(9-11-27)14-26(2)13-20-24-25-21(28(20)22)17-4-6-18(29-3)7-5-17;2*3-2(4,5)1(6)7/h4-7,15H,8-14H2,1-3H3;2*(H,6,7). The first-order valence-corrected chi connectivity index (χ1v) is 13.8. The fourth-order valence-electron chi connectivity index (χ4n) is 4.91. The van der Waals surface area contributed by atoms with E-state index in [1.807, 2.05) is 17.6 Å². The number of carboxylic acid groups (broad SMARTS) is 2. The van der Waals surface area contributed by atoms with Gasteiger partial charge in [-0.3, -0.25) is 9.80 Å². The molecule has 2 N–H and O–H groups in total. The summed E-state index contributed by atoms with van der Waals surface area (Å²) in [4.78, 5) is 28.5. The smallest absolute Gasteiger partial charge is 0.490 e. The average molecular weight is 653 g/mol. The number of nitrogens with zero attached hydrogens (tertiary/aromatic N) is 6. The van der Waals surface area contributed by atoms with Crippen molar-refractivity contribution in [1.82, 2.24) is 29.5 Å². The zero-order valence-electron chi connectivity index (χ0n) is 23.8. The summed E-state index contributed by atoms with van der Waals surface area (Å²) in [5.41, 5.74) is 4.26. The van der Waals surface area contributed by atoms with Gasteiger partial charge < -0.3 is 19.5 Å². The Morgan fingerprint density at radius 3 is 2.00 bits per heavy atom. The van der Waals surface area contributed by atoms with E-state index in [0.717, 1.165) is 68.5 Å². The van der Waals surface area contributed by atoms with Crippen LogP contribution < -0.4 is 4.74 Å². The van der Waals surface area contributed by atoms with Gasteiger partial charge in [0.2, 0.25) is 0 Å². The third-order valence-electron chi connectivity index (χ3n) is 7.01. The Bertz CT molecular complexity index is 1390. The number of fused-ring (bicyclic) bond motifs is 2. The van der Waals surface area contributed by atoms with Crippen LogP contribution in [0.5, 0.6) is 5.75 Å². The van der Waals surface area contributed by atoms with E-state index in [4.69, 9.17) is 24.5 Å². The number of benzene rings is 1. The minimum atomic E-state index is -5.08. The second kappa shape index (κ2) is 13.9. The first-order valence-electron chi connectivity index (χ1n) is 13.0. The average Bonchev–Trinajstić information content (AvgIpc) is 3.56. The number of alkyl halides is 6. The maximum absolute atomic E-state index is 10.6. The van der Waals surface area contributed by atoms with Crippen molar-refractivity contribution >= 4 is 23.3 Å². The van der Waals surface area contributed by atoms with E-state index >= 15 is 0 Å². The molecule has 0 radical (unpaired) electrons. The van der Waals surface area contributed by atoms with E-state index in [-0.39, 0.29) is 5.54 Å². The van der Waals surface area contributed by atoms with Crippen LogP contribution in [0.2, 0.25) is 0 Å². The van der Waals surface area contributed by atoms with E-state index in [2.05, 4.69) is 55.7 Å². The molecule has 0 bridgehead atoms. The predicted octanol–water partition coefficient (Wildman–Crippen LogP) is 4.42. The van der Waals surface area contributed by atoms with Crippen LogP contribution in [0.15, 0.2) is 29.8 Å². The molecule has 0 aliphatic carbocycles. The number of ether oxygens (including phenoxy) is 1. The minimum absolute atomic E-state index is 0.0420. The van der Waals surface area contributed by atoms with Crippen molar-refractivity contribution < 1.29 is 50.9 Å². The van der Waals surface area contributed by atoms with Crippen LogP contribution in [0.3, 0.4) is 0 Å². The second-order valence-corrected chi connectivity index (χ2v) is 11.1. The maximum atomic E-state index is 10.6. The number of aromatic nitrogens is 4. The van der Waals surface area contributed by atoms with Gasteiger partial charge in [0.15, 0.2) is 5.82 Å². The molecule has 2 aromatic heterocycles. The van der Waals surface area contributed by atoms with E-state index in [1.165, 1.54) is 10.6 Å². The first kappa shape index (κ1) is 34.7. The molecule has 1 spiro atoms. The monoisotopic (exact) mass is 652 g/mol. The molecule has 18 heteroatoms. The predicted molar refractivity (Wildman–Crippen MR) is 145 cm³/mol. The molecule has 0 unspecified atom stereocenters. The van der Waals surface area contributed by atoms with Crippen molar-refractivity contribution in [3.8, 4) is 17.1 Å². The zero-order valence-corrected chi connectivity index (χ0v) is 24.6. The maximum Gasteiger partial charge on any atom is 0.490 e. The fourth-order valence-corrected chi connectivity index (χ4v) is 5.72. The third-order valence-corrected chi connectivity index (χ3v) is 7.93. The van der Waals surface area contributed by atoms with E-state index in [0.29, 0.717) is 0 Å². The summed E-state index contributed by atoms with van der Waals surface area (Å²) in [6.07, 6.45) is -7.97. The summed E-state index contributed by atoms with van der Waals surface area (Å²) in [5.74, 6) is -2.60. The van der Waals surface area contributed by atoms with Crippen molar-refractivity contribution in [1.29, 1.82) is 0 Å². The van der Waals surface area contributed by atoms with Gasteiger partial charge in [0.05, 0.1) is 30.4 Å². The number of hydrogen-bond acceptors (Lipinski definition) is 9. The number of thiazole rings is 1. The summed E-state index contributed by atoms with van der Waals surface area (Å²) < 4.78 is 71.2. The quantitative estimate of drug-likeness (QED) is 0.390. The van der Waals surface area contributed by atoms with Gasteiger partial charge in [-0.05, 0) is 51.1 Å². The number of methoxy groups -OCH3 is 1. The van der Waals surface area contributed by atoms with Crippen molar-refractivity contribution in [2.24, 2.45) is 0 Å². The van der Waals surface area contributed by atoms with Crippen LogP contribution >= 0.6 is 11.3 Å². The van der Waals surface area contributed by atoms with Crippen LogP contribution in [0.1, 0.15) is 29.2 Å². The van der Waals surface area contributed by atoms with E-state index < -0.39 is 24.3 Å². The number of likely N-dealkylation sites (tertiary alicyclic amines) is 1. The number of halogens is 6. The Morgan fingerprint density at radius 1 is 1.00 bits per heavy atom. The van der Waals surface area contributed by atoms with Gasteiger partial charge in [-0.25, -0.2) is 14.6 Å². The Labute approximate surface area is 251 Å². The van der Waals surface area contributed by atoms with Crippen LogP contribution in [0.4, 0.5) is 26.3 Å². The molecule has 1 saturated heterocycles. The highest BCUT2D eigenvalue weighted by Crippen LogP contribution is 2.39. The minimum Gasteiger partial charge on any atom is -0.497 e. The SMILES string of the molecule is COc1ccc(-c2nnc3n2C2(CCN(Cc4scnc4C)CC2)CN(C)C3)cc1.O=C(O)C(F)(F)F.O=C(O)C(F)(F)F. The Kier molecular flexibility index (Phi) is 11.0. The number of carboxylic acids is 2. The number of aliphatic carboxylic acids is 2. The lowest BCUT2D eigenvalue weighted by molar-refractivity contribution is -0.193. The molecule has 1 fully saturated rings. The molecule has 0 atom stereocenters. The molecule has 0 saturated carbocycles. The molecule has 0 amide bonds. The van der Waals surface area contributed by atoms with E-state index in [1.54, 1.807) is 18.4 Å². The molecule has 3 aromatic rings. The fraction of sp³-hybridized carbons (Fsp3) is 0.500. The van der Waals surface area contributed by atoms with Gasteiger partial charge in [-0.1, -0.05) is 0 Å². The summed E-state index contributed by atoms with van der Waals surface area (Å²) >= 11 is 1.77. The normalized spacial score (nSPS) is 16.7. The lowest BCUT2D eigenvalue weighted by Crippen LogP contribution is -2.55. The number of rotatable bonds is 4. The Morgan fingerprint density at radius 2 is 1.55 bits per heavy atom. The van der Waals surface area contributed by atoms with E-state index in [9.17, 15) is 26.3 Å². The molecular weight excluding hydrogens is 622 g/mol. The number of hydrogen-bond donors (Lipinski definition) is 2. The van der Waals surface area contributed by atoms with Crippen molar-refractivity contribution in [3.63, 3.8) is 0 Å². The van der Waals surface area contributed by atoms with Crippen molar-refractivity contribution in [2.45, 2.75) is 50.7 Å². The molecule has 2 aliphatic heterocycles. The molecule has 1 aromatic carbocycles. The van der Waals surface area contributed by atoms with Gasteiger partial charge in [0.1, 0.15) is 11.6 Å². The molecule has 44 heavy (non-hydrogen) atoms. The van der Waals surface area contributed by atoms with Crippen LogP contribution in [0, 0.1) is 6.92 Å². The highest BCUT2D eigenvalue weighted by molar-refractivity contribution is 7.09. The first-order chi connectivity index (χ1) is 20.5.